The van der Waals surface area contributed by atoms with Gasteiger partial charge in [-0.05, 0) is 30.4 Å². The van der Waals surface area contributed by atoms with Gasteiger partial charge in [-0.25, -0.2) is 13.8 Å². The van der Waals surface area contributed by atoms with Crippen molar-refractivity contribution in [3.63, 3.8) is 0 Å². The van der Waals surface area contributed by atoms with Crippen LogP contribution in [0.1, 0.15) is 28.9 Å². The van der Waals surface area contributed by atoms with E-state index in [9.17, 15) is 13.6 Å². The number of nitrogens with zero attached hydrogens (tertiary/aromatic N) is 4. The third-order valence-electron chi connectivity index (χ3n) is 5.19. The zero-order valence-electron chi connectivity index (χ0n) is 14.3. The summed E-state index contributed by atoms with van der Waals surface area (Å²) in [5, 5.41) is 0. The van der Waals surface area contributed by atoms with Crippen molar-refractivity contribution in [3.05, 3.63) is 59.7 Å². The Balaban J connectivity index is 1.52. The lowest BCUT2D eigenvalue weighted by Crippen LogP contribution is -2.47. The quantitative estimate of drug-likeness (QED) is 0.846. The fraction of sp³-hybridized carbons (Fsp3) is 0.421. The maximum Gasteiger partial charge on any atom is 0.275 e. The van der Waals surface area contributed by atoms with Crippen molar-refractivity contribution >= 4 is 5.91 Å². The first-order valence-corrected chi connectivity index (χ1v) is 8.83. The Labute approximate surface area is 150 Å². The molecule has 136 valence electrons. The number of carbonyl (C=O) groups excluding carboxylic acids is 1. The highest BCUT2D eigenvalue weighted by atomic mass is 19.1. The summed E-state index contributed by atoms with van der Waals surface area (Å²) in [5.74, 6) is -1.78. The average Bonchev–Trinajstić information content (AvgIpc) is 2.92. The second-order valence-corrected chi connectivity index (χ2v) is 7.09. The highest BCUT2D eigenvalue weighted by Gasteiger charge is 2.38. The van der Waals surface area contributed by atoms with Gasteiger partial charge >= 0.3 is 0 Å². The van der Waals surface area contributed by atoms with Gasteiger partial charge in [0, 0.05) is 50.7 Å². The van der Waals surface area contributed by atoms with Crippen LogP contribution in [0.4, 0.5) is 8.78 Å². The third-order valence-corrected chi connectivity index (χ3v) is 5.19. The molecule has 3 fully saturated rings. The van der Waals surface area contributed by atoms with E-state index < -0.39 is 17.5 Å². The summed E-state index contributed by atoms with van der Waals surface area (Å²) in [5.41, 5.74) is 0.843. The van der Waals surface area contributed by atoms with Crippen molar-refractivity contribution in [2.24, 2.45) is 5.92 Å². The van der Waals surface area contributed by atoms with Gasteiger partial charge in [-0.15, -0.1) is 0 Å². The molecule has 0 aliphatic carbocycles. The highest BCUT2D eigenvalue weighted by Crippen LogP contribution is 2.30. The SMILES string of the molecule is O=C(c1ncc(F)cc1F)N1C[C@H]2CC[C@@H]1CN(Cc1cccnc1)C2. The Morgan fingerprint density at radius 2 is 2.08 bits per heavy atom. The Morgan fingerprint density at radius 1 is 1.19 bits per heavy atom. The Morgan fingerprint density at radius 3 is 2.85 bits per heavy atom. The maximum absolute atomic E-state index is 14.0. The smallest absolute Gasteiger partial charge is 0.275 e. The van der Waals surface area contributed by atoms with Crippen LogP contribution in [0.3, 0.4) is 0 Å². The molecule has 26 heavy (non-hydrogen) atoms. The van der Waals surface area contributed by atoms with Gasteiger partial charge in [-0.1, -0.05) is 6.07 Å². The average molecular weight is 358 g/mol. The molecular formula is C19H20F2N4O. The predicted octanol–water partition coefficient (Wildman–Crippen LogP) is 2.49. The molecule has 3 saturated heterocycles. The van der Waals surface area contributed by atoms with Gasteiger partial charge in [-0.2, -0.15) is 0 Å². The van der Waals surface area contributed by atoms with Crippen LogP contribution < -0.4 is 0 Å². The minimum atomic E-state index is -0.901. The minimum Gasteiger partial charge on any atom is -0.333 e. The van der Waals surface area contributed by atoms with Crippen LogP contribution in [0.25, 0.3) is 0 Å². The molecular weight excluding hydrogens is 338 g/mol. The number of pyridine rings is 2. The molecule has 2 aromatic rings. The van der Waals surface area contributed by atoms with E-state index in [0.717, 1.165) is 44.2 Å². The van der Waals surface area contributed by atoms with Crippen molar-refractivity contribution in [2.45, 2.75) is 25.4 Å². The summed E-state index contributed by atoms with van der Waals surface area (Å²) < 4.78 is 27.1. The summed E-state index contributed by atoms with van der Waals surface area (Å²) >= 11 is 0. The summed E-state index contributed by atoms with van der Waals surface area (Å²) in [6, 6.07) is 4.69. The van der Waals surface area contributed by atoms with Gasteiger partial charge in [0.25, 0.3) is 5.91 Å². The molecule has 5 heterocycles. The molecule has 2 atom stereocenters. The Bertz CT molecular complexity index is 801. The van der Waals surface area contributed by atoms with Crippen molar-refractivity contribution in [1.29, 1.82) is 0 Å². The van der Waals surface area contributed by atoms with Crippen molar-refractivity contribution < 1.29 is 13.6 Å². The first-order chi connectivity index (χ1) is 12.6. The fourth-order valence-corrected chi connectivity index (χ4v) is 4.01. The van der Waals surface area contributed by atoms with E-state index in [2.05, 4.69) is 14.9 Å². The van der Waals surface area contributed by atoms with E-state index in [4.69, 9.17) is 0 Å². The number of hydrogen-bond acceptors (Lipinski definition) is 4. The lowest BCUT2D eigenvalue weighted by atomic mass is 9.94. The lowest BCUT2D eigenvalue weighted by Gasteiger charge is -2.36. The van der Waals surface area contributed by atoms with Gasteiger partial charge < -0.3 is 4.90 Å². The van der Waals surface area contributed by atoms with E-state index in [1.807, 2.05) is 18.3 Å². The van der Waals surface area contributed by atoms with E-state index in [1.165, 1.54) is 0 Å². The summed E-state index contributed by atoms with van der Waals surface area (Å²) in [4.78, 5) is 24.7. The molecule has 3 aliphatic rings. The molecule has 2 bridgehead atoms. The number of piperidine rings is 1. The molecule has 5 nitrogen and oxygen atoms in total. The number of halogens is 2. The van der Waals surface area contributed by atoms with Gasteiger partial charge in [0.1, 0.15) is 5.82 Å². The third kappa shape index (κ3) is 3.44. The van der Waals surface area contributed by atoms with Crippen LogP contribution in [0, 0.1) is 17.6 Å². The predicted molar refractivity (Wildman–Crippen MR) is 91.2 cm³/mol. The zero-order chi connectivity index (χ0) is 18.1. The monoisotopic (exact) mass is 358 g/mol. The summed E-state index contributed by atoms with van der Waals surface area (Å²) in [6.45, 7) is 3.01. The first kappa shape index (κ1) is 17.0. The maximum atomic E-state index is 14.0. The molecule has 2 aromatic heterocycles. The van der Waals surface area contributed by atoms with Crippen molar-refractivity contribution in [2.75, 3.05) is 19.6 Å². The van der Waals surface area contributed by atoms with Crippen LogP contribution in [0.2, 0.25) is 0 Å². The largest absolute Gasteiger partial charge is 0.333 e. The standard InChI is InChI=1S/C19H20F2N4O/c20-15-6-17(21)18(23-8-15)19(26)25-11-14-3-4-16(25)12-24(10-14)9-13-2-1-5-22-7-13/h1-2,5-8,14,16H,3-4,9-12H2/t14-,16+/m0/s1. The van der Waals surface area contributed by atoms with Gasteiger partial charge in [-0.3, -0.25) is 14.7 Å². The number of hydrogen-bond donors (Lipinski definition) is 0. The van der Waals surface area contributed by atoms with Gasteiger partial charge in [0.2, 0.25) is 0 Å². The molecule has 1 amide bonds. The highest BCUT2D eigenvalue weighted by molar-refractivity contribution is 5.92. The summed E-state index contributed by atoms with van der Waals surface area (Å²) in [6.07, 6.45) is 6.44. The van der Waals surface area contributed by atoms with Crippen LogP contribution in [-0.2, 0) is 6.54 Å². The van der Waals surface area contributed by atoms with E-state index in [-0.39, 0.29) is 11.7 Å². The topological polar surface area (TPSA) is 49.3 Å². The molecule has 0 saturated carbocycles. The number of carbonyl (C=O) groups is 1. The van der Waals surface area contributed by atoms with Crippen LogP contribution in [0.5, 0.6) is 0 Å². The second kappa shape index (κ2) is 7.07. The van der Waals surface area contributed by atoms with Gasteiger partial charge in [0.05, 0.1) is 6.20 Å². The van der Waals surface area contributed by atoms with E-state index in [0.29, 0.717) is 18.5 Å². The number of aromatic nitrogens is 2. The normalized spacial score (nSPS) is 23.1. The molecule has 0 aromatic carbocycles. The molecule has 0 N–H and O–H groups in total. The van der Waals surface area contributed by atoms with E-state index >= 15 is 0 Å². The van der Waals surface area contributed by atoms with Crippen LogP contribution in [-0.4, -0.2) is 51.4 Å². The number of rotatable bonds is 3. The molecule has 0 spiro atoms. The Kier molecular flexibility index (Phi) is 4.63. The van der Waals surface area contributed by atoms with Gasteiger partial charge in [0.15, 0.2) is 11.5 Å². The van der Waals surface area contributed by atoms with E-state index in [1.54, 1.807) is 11.1 Å². The van der Waals surface area contributed by atoms with Crippen molar-refractivity contribution in [3.8, 4) is 0 Å². The summed E-state index contributed by atoms with van der Waals surface area (Å²) in [7, 11) is 0. The molecule has 7 heteroatoms. The molecule has 5 rings (SSSR count). The van der Waals surface area contributed by atoms with Crippen LogP contribution in [0.15, 0.2) is 36.8 Å². The molecule has 3 aliphatic heterocycles. The fourth-order valence-electron chi connectivity index (χ4n) is 4.01. The zero-order valence-corrected chi connectivity index (χ0v) is 14.3. The van der Waals surface area contributed by atoms with Crippen molar-refractivity contribution in [1.82, 2.24) is 19.8 Å². The lowest BCUT2D eigenvalue weighted by molar-refractivity contribution is 0.0573. The second-order valence-electron chi connectivity index (χ2n) is 7.09. The van der Waals surface area contributed by atoms with Crippen LogP contribution >= 0.6 is 0 Å². The molecule has 0 radical (unpaired) electrons. The number of amides is 1. The minimum absolute atomic E-state index is 0.0178. The molecule has 0 unspecified atom stereocenters. The Hall–Kier alpha value is -2.41. The first-order valence-electron chi connectivity index (χ1n) is 8.83. The number of fused-ring (bicyclic) bond motifs is 4.